The molecule has 0 radical (unpaired) electrons. The number of hydrogen-bond donors (Lipinski definition) is 2. The van der Waals surface area contributed by atoms with Crippen molar-refractivity contribution in [3.8, 4) is 17.3 Å². The molecule has 164 valence electrons. The lowest BCUT2D eigenvalue weighted by Gasteiger charge is -2.13. The molecule has 3 aromatic heterocycles. The summed E-state index contributed by atoms with van der Waals surface area (Å²) in [6.45, 7) is 5.19. The number of hydrogen-bond acceptors (Lipinski definition) is 7. The van der Waals surface area contributed by atoms with Crippen molar-refractivity contribution in [2.45, 2.75) is 19.9 Å². The van der Waals surface area contributed by atoms with Gasteiger partial charge in [-0.15, -0.1) is 10.2 Å². The van der Waals surface area contributed by atoms with Crippen LogP contribution in [0.4, 0.5) is 5.69 Å². The molecule has 0 saturated heterocycles. The predicted molar refractivity (Wildman–Crippen MR) is 125 cm³/mol. The summed E-state index contributed by atoms with van der Waals surface area (Å²) in [4.78, 5) is 18.0. The number of nitrogens with one attached hydrogen (secondary N) is 2. The Morgan fingerprint density at radius 2 is 2.09 bits per heavy atom. The van der Waals surface area contributed by atoms with Crippen LogP contribution in [0.25, 0.3) is 28.1 Å². The number of rotatable bonds is 8. The van der Waals surface area contributed by atoms with Gasteiger partial charge in [0.15, 0.2) is 5.82 Å². The molecule has 0 fully saturated rings. The van der Waals surface area contributed by atoms with Crippen LogP contribution in [0.2, 0.25) is 0 Å². The minimum absolute atomic E-state index is 0.181. The third-order valence-corrected chi connectivity index (χ3v) is 5.19. The Morgan fingerprint density at radius 3 is 2.84 bits per heavy atom. The molecule has 0 aliphatic heterocycles. The van der Waals surface area contributed by atoms with Gasteiger partial charge in [-0.05, 0) is 49.6 Å². The van der Waals surface area contributed by atoms with Crippen molar-refractivity contribution in [3.63, 3.8) is 0 Å². The second-order valence-electron chi connectivity index (χ2n) is 7.62. The van der Waals surface area contributed by atoms with Crippen molar-refractivity contribution in [2.75, 3.05) is 25.6 Å². The Bertz CT molecular complexity index is 1320. The highest BCUT2D eigenvalue weighted by molar-refractivity contribution is 5.96. The molecule has 1 aromatic carbocycles. The van der Waals surface area contributed by atoms with E-state index in [0.717, 1.165) is 5.39 Å². The number of aromatic nitrogens is 5. The first-order chi connectivity index (χ1) is 15.5. The van der Waals surface area contributed by atoms with Crippen LogP contribution in [-0.4, -0.2) is 50.8 Å². The first kappa shape index (κ1) is 21.4. The quantitative estimate of drug-likeness (QED) is 0.327. The molecule has 9 heteroatoms. The standard InChI is InChI=1S/C23H25N7O2/c1-15(2)30-14-26-28-22(30)19-5-4-6-21(27-19)29-9-7-16-11-17(13-24)20(25-8-10-32-3)12-18(16)23(29)31/h4-7,9,11-15,24-25H,8,10H2,1-3H3. The van der Waals surface area contributed by atoms with E-state index in [1.807, 2.05) is 42.7 Å². The normalized spacial score (nSPS) is 11.2. The SMILES string of the molecule is COCCNc1cc2c(=O)n(-c3cccc(-c4nncn4C(C)C)n3)ccc2cc1C=N. The number of methoxy groups -OCH3 is 1. The summed E-state index contributed by atoms with van der Waals surface area (Å²) in [7, 11) is 1.63. The molecular formula is C23H25N7O2. The maximum absolute atomic E-state index is 13.4. The van der Waals surface area contributed by atoms with E-state index in [1.54, 1.807) is 31.8 Å². The Balaban J connectivity index is 1.80. The molecule has 0 spiro atoms. The summed E-state index contributed by atoms with van der Waals surface area (Å²) in [6.07, 6.45) is 4.65. The van der Waals surface area contributed by atoms with Crippen LogP contribution in [0, 0.1) is 5.41 Å². The number of benzene rings is 1. The molecule has 3 heterocycles. The van der Waals surface area contributed by atoms with Crippen molar-refractivity contribution in [2.24, 2.45) is 0 Å². The molecule has 2 N–H and O–H groups in total. The molecule has 0 saturated carbocycles. The van der Waals surface area contributed by atoms with Crippen molar-refractivity contribution in [1.29, 1.82) is 5.41 Å². The predicted octanol–water partition coefficient (Wildman–Crippen LogP) is 3.28. The molecule has 32 heavy (non-hydrogen) atoms. The summed E-state index contributed by atoms with van der Waals surface area (Å²) >= 11 is 0. The number of fused-ring (bicyclic) bond motifs is 1. The Hall–Kier alpha value is -3.85. The third kappa shape index (κ3) is 4.02. The molecule has 0 amide bonds. The molecule has 0 aliphatic carbocycles. The summed E-state index contributed by atoms with van der Waals surface area (Å²) in [5.41, 5.74) is 1.87. The van der Waals surface area contributed by atoms with E-state index in [-0.39, 0.29) is 11.6 Å². The van der Waals surface area contributed by atoms with Gasteiger partial charge in [0.1, 0.15) is 17.8 Å². The maximum atomic E-state index is 13.4. The average molecular weight is 432 g/mol. The summed E-state index contributed by atoms with van der Waals surface area (Å²) < 4.78 is 8.54. The van der Waals surface area contributed by atoms with Crippen LogP contribution in [-0.2, 0) is 4.74 Å². The van der Waals surface area contributed by atoms with Crippen molar-refractivity contribution < 1.29 is 4.74 Å². The van der Waals surface area contributed by atoms with Crippen molar-refractivity contribution >= 4 is 22.7 Å². The zero-order chi connectivity index (χ0) is 22.7. The fourth-order valence-corrected chi connectivity index (χ4v) is 3.54. The lowest BCUT2D eigenvalue weighted by molar-refractivity contribution is 0.211. The van der Waals surface area contributed by atoms with Crippen LogP contribution >= 0.6 is 0 Å². The van der Waals surface area contributed by atoms with Gasteiger partial charge in [-0.3, -0.25) is 9.36 Å². The molecule has 4 rings (SSSR count). The van der Waals surface area contributed by atoms with E-state index in [1.165, 1.54) is 10.8 Å². The number of nitrogens with zero attached hydrogens (tertiary/aromatic N) is 5. The highest BCUT2D eigenvalue weighted by atomic mass is 16.5. The second kappa shape index (κ2) is 9.11. The van der Waals surface area contributed by atoms with Gasteiger partial charge in [-0.1, -0.05) is 6.07 Å². The van der Waals surface area contributed by atoms with Gasteiger partial charge in [-0.2, -0.15) is 0 Å². The van der Waals surface area contributed by atoms with Crippen LogP contribution in [0.3, 0.4) is 0 Å². The Morgan fingerprint density at radius 1 is 1.25 bits per heavy atom. The molecule has 0 aliphatic rings. The average Bonchev–Trinajstić information content (AvgIpc) is 3.30. The molecule has 9 nitrogen and oxygen atoms in total. The van der Waals surface area contributed by atoms with Crippen LogP contribution in [0.5, 0.6) is 0 Å². The van der Waals surface area contributed by atoms with Gasteiger partial charge in [-0.25, -0.2) is 4.98 Å². The minimum atomic E-state index is -0.191. The summed E-state index contributed by atoms with van der Waals surface area (Å²) in [6, 6.07) is 11.1. The smallest absolute Gasteiger partial charge is 0.264 e. The fourth-order valence-electron chi connectivity index (χ4n) is 3.54. The topological polar surface area (TPSA) is 111 Å². The zero-order valence-electron chi connectivity index (χ0n) is 18.2. The Labute approximate surface area is 185 Å². The van der Waals surface area contributed by atoms with Gasteiger partial charge >= 0.3 is 0 Å². The van der Waals surface area contributed by atoms with Gasteiger partial charge in [0.05, 0.1) is 6.61 Å². The lowest BCUT2D eigenvalue weighted by Crippen LogP contribution is -2.19. The van der Waals surface area contributed by atoms with E-state index in [2.05, 4.69) is 20.5 Å². The van der Waals surface area contributed by atoms with E-state index >= 15 is 0 Å². The van der Waals surface area contributed by atoms with Gasteiger partial charge in [0, 0.05) is 48.7 Å². The molecule has 0 unspecified atom stereocenters. The fraction of sp³-hybridized carbons (Fsp3) is 0.261. The van der Waals surface area contributed by atoms with Gasteiger partial charge in [0.25, 0.3) is 5.56 Å². The van der Waals surface area contributed by atoms with E-state index in [0.29, 0.717) is 47.1 Å². The highest BCUT2D eigenvalue weighted by Gasteiger charge is 2.14. The zero-order valence-corrected chi connectivity index (χ0v) is 18.2. The van der Waals surface area contributed by atoms with Crippen LogP contribution < -0.4 is 10.9 Å². The number of ether oxygens (including phenoxy) is 1. The molecular weight excluding hydrogens is 406 g/mol. The van der Waals surface area contributed by atoms with Crippen molar-refractivity contribution in [3.05, 3.63) is 64.8 Å². The number of pyridine rings is 2. The van der Waals surface area contributed by atoms with E-state index in [9.17, 15) is 4.79 Å². The Kier molecular flexibility index (Phi) is 6.09. The lowest BCUT2D eigenvalue weighted by atomic mass is 10.1. The highest BCUT2D eigenvalue weighted by Crippen LogP contribution is 2.23. The van der Waals surface area contributed by atoms with E-state index < -0.39 is 0 Å². The van der Waals surface area contributed by atoms with Gasteiger partial charge in [0.2, 0.25) is 0 Å². The molecule has 0 bridgehead atoms. The monoisotopic (exact) mass is 431 g/mol. The second-order valence-corrected chi connectivity index (χ2v) is 7.62. The van der Waals surface area contributed by atoms with Crippen LogP contribution in [0.1, 0.15) is 25.5 Å². The van der Waals surface area contributed by atoms with Crippen molar-refractivity contribution in [1.82, 2.24) is 24.3 Å². The van der Waals surface area contributed by atoms with Crippen LogP contribution in [0.15, 0.2) is 53.7 Å². The van der Waals surface area contributed by atoms with Gasteiger partial charge < -0.3 is 20.0 Å². The summed E-state index contributed by atoms with van der Waals surface area (Å²) in [5, 5.41) is 20.4. The third-order valence-electron chi connectivity index (χ3n) is 5.19. The summed E-state index contributed by atoms with van der Waals surface area (Å²) in [5.74, 6) is 1.15. The molecule has 0 atom stereocenters. The molecule has 4 aromatic rings. The van der Waals surface area contributed by atoms with E-state index in [4.69, 9.17) is 10.1 Å². The first-order valence-electron chi connectivity index (χ1n) is 10.3. The minimum Gasteiger partial charge on any atom is -0.383 e. The number of anilines is 1. The first-order valence-corrected chi connectivity index (χ1v) is 10.3. The largest absolute Gasteiger partial charge is 0.383 e. The maximum Gasteiger partial charge on any atom is 0.264 e.